The number of amides is 2. The molecule has 9 nitrogen and oxygen atoms in total. The molecule has 2 N–H and O–H groups in total. The SMILES string of the molecule is CCn1c(=O)n(CC(=O)N2CCCCC2C)c2c(C(N)=O)nc(-c3cccc(F)c3)nc21. The van der Waals surface area contributed by atoms with Crippen LogP contribution in [0.15, 0.2) is 29.1 Å². The number of hydrogen-bond donors (Lipinski definition) is 1. The number of carbonyl (C=O) groups is 2. The van der Waals surface area contributed by atoms with Crippen molar-refractivity contribution in [1.82, 2.24) is 24.0 Å². The Kier molecular flexibility index (Phi) is 5.77. The topological polar surface area (TPSA) is 116 Å². The summed E-state index contributed by atoms with van der Waals surface area (Å²) in [5.74, 6) is -1.49. The Balaban J connectivity index is 1.89. The first-order valence-corrected chi connectivity index (χ1v) is 10.7. The number of nitrogens with two attached hydrogens (primary N) is 1. The lowest BCUT2D eigenvalue weighted by Gasteiger charge is -2.33. The zero-order valence-corrected chi connectivity index (χ0v) is 18.0. The normalized spacial score (nSPS) is 16.5. The number of likely N-dealkylation sites (tertiary alicyclic amines) is 1. The predicted octanol–water partition coefficient (Wildman–Crippen LogP) is 1.92. The second kappa shape index (κ2) is 8.52. The van der Waals surface area contributed by atoms with Gasteiger partial charge in [0.1, 0.15) is 17.9 Å². The average molecular weight is 440 g/mol. The molecule has 0 spiro atoms. The minimum absolute atomic E-state index is 0.0705. The highest BCUT2D eigenvalue weighted by atomic mass is 19.1. The summed E-state index contributed by atoms with van der Waals surface area (Å²) in [4.78, 5) is 49.0. The van der Waals surface area contributed by atoms with Crippen LogP contribution in [-0.4, -0.2) is 48.4 Å². The molecule has 0 saturated carbocycles. The van der Waals surface area contributed by atoms with E-state index in [9.17, 15) is 18.8 Å². The van der Waals surface area contributed by atoms with Gasteiger partial charge in [0.05, 0.1) is 0 Å². The van der Waals surface area contributed by atoms with E-state index in [1.807, 2.05) is 6.92 Å². The summed E-state index contributed by atoms with van der Waals surface area (Å²) in [6, 6.07) is 5.69. The van der Waals surface area contributed by atoms with Gasteiger partial charge in [-0.15, -0.1) is 0 Å². The number of imidazole rings is 1. The average Bonchev–Trinajstić information content (AvgIpc) is 3.03. The third kappa shape index (κ3) is 3.76. The van der Waals surface area contributed by atoms with E-state index in [2.05, 4.69) is 9.97 Å². The maximum Gasteiger partial charge on any atom is 0.330 e. The molecule has 1 saturated heterocycles. The highest BCUT2D eigenvalue weighted by Crippen LogP contribution is 2.23. The Morgan fingerprint density at radius 2 is 2.00 bits per heavy atom. The molecule has 1 aliphatic rings. The van der Waals surface area contributed by atoms with E-state index in [-0.39, 0.29) is 47.7 Å². The molecule has 1 aliphatic heterocycles. The molecule has 168 valence electrons. The molecular formula is C22H25FN6O3. The summed E-state index contributed by atoms with van der Waals surface area (Å²) in [5.41, 5.74) is 5.58. The van der Waals surface area contributed by atoms with E-state index in [1.54, 1.807) is 17.9 Å². The monoisotopic (exact) mass is 440 g/mol. The van der Waals surface area contributed by atoms with E-state index in [4.69, 9.17) is 5.73 Å². The molecule has 0 aliphatic carbocycles. The molecule has 0 radical (unpaired) electrons. The first kappa shape index (κ1) is 21.7. The molecule has 1 aromatic carbocycles. The van der Waals surface area contributed by atoms with Crippen molar-refractivity contribution in [2.24, 2.45) is 5.73 Å². The lowest BCUT2D eigenvalue weighted by molar-refractivity contribution is -0.135. The largest absolute Gasteiger partial charge is 0.364 e. The predicted molar refractivity (Wildman–Crippen MR) is 116 cm³/mol. The third-order valence-corrected chi connectivity index (χ3v) is 5.90. The number of rotatable bonds is 5. The Hall–Kier alpha value is -3.56. The van der Waals surface area contributed by atoms with Gasteiger partial charge in [-0.2, -0.15) is 0 Å². The number of hydrogen-bond acceptors (Lipinski definition) is 5. The number of piperidine rings is 1. The molecule has 32 heavy (non-hydrogen) atoms. The number of aromatic nitrogens is 4. The fourth-order valence-electron chi connectivity index (χ4n) is 4.27. The number of aryl methyl sites for hydroxylation is 1. The van der Waals surface area contributed by atoms with Gasteiger partial charge in [-0.3, -0.25) is 18.7 Å². The third-order valence-electron chi connectivity index (χ3n) is 5.90. The van der Waals surface area contributed by atoms with Gasteiger partial charge in [0.15, 0.2) is 17.2 Å². The van der Waals surface area contributed by atoms with Crippen LogP contribution >= 0.6 is 0 Å². The molecule has 1 unspecified atom stereocenters. The molecule has 1 atom stereocenters. The molecule has 3 aromatic rings. The van der Waals surface area contributed by atoms with E-state index in [0.29, 0.717) is 12.1 Å². The molecule has 0 bridgehead atoms. The van der Waals surface area contributed by atoms with Crippen LogP contribution < -0.4 is 11.4 Å². The van der Waals surface area contributed by atoms with Gasteiger partial charge >= 0.3 is 5.69 Å². The fourth-order valence-corrected chi connectivity index (χ4v) is 4.27. The Bertz CT molecular complexity index is 1260. The number of carbonyl (C=O) groups excluding carboxylic acids is 2. The van der Waals surface area contributed by atoms with Crippen molar-refractivity contribution in [1.29, 1.82) is 0 Å². The standard InChI is InChI=1S/C22H25FN6O3/c1-3-27-21-18(29(22(27)32)12-16(30)28-10-5-4-7-13(28)2)17(19(24)31)25-20(26-21)14-8-6-9-15(23)11-14/h6,8-9,11,13H,3-5,7,10,12H2,1-2H3,(H2,24,31). The Labute approximate surface area is 183 Å². The molecular weight excluding hydrogens is 415 g/mol. The van der Waals surface area contributed by atoms with Crippen molar-refractivity contribution in [2.75, 3.05) is 6.54 Å². The van der Waals surface area contributed by atoms with Crippen LogP contribution in [0.3, 0.4) is 0 Å². The lowest BCUT2D eigenvalue weighted by atomic mass is 10.0. The lowest BCUT2D eigenvalue weighted by Crippen LogP contribution is -2.44. The second-order valence-electron chi connectivity index (χ2n) is 7.99. The first-order valence-electron chi connectivity index (χ1n) is 10.7. The van der Waals surface area contributed by atoms with E-state index < -0.39 is 17.4 Å². The van der Waals surface area contributed by atoms with Crippen LogP contribution in [0.2, 0.25) is 0 Å². The van der Waals surface area contributed by atoms with Crippen LogP contribution in [0.5, 0.6) is 0 Å². The minimum Gasteiger partial charge on any atom is -0.364 e. The minimum atomic E-state index is -0.865. The maximum absolute atomic E-state index is 13.7. The summed E-state index contributed by atoms with van der Waals surface area (Å²) >= 11 is 0. The number of halogens is 1. The van der Waals surface area contributed by atoms with E-state index in [1.165, 1.54) is 27.3 Å². The number of nitrogens with zero attached hydrogens (tertiary/aromatic N) is 5. The summed E-state index contributed by atoms with van der Waals surface area (Å²) in [6.07, 6.45) is 2.88. The number of benzene rings is 1. The molecule has 10 heteroatoms. The zero-order valence-electron chi connectivity index (χ0n) is 18.0. The van der Waals surface area contributed by atoms with Crippen molar-refractivity contribution in [3.8, 4) is 11.4 Å². The Morgan fingerprint density at radius 1 is 1.22 bits per heavy atom. The van der Waals surface area contributed by atoms with Gasteiger partial charge in [-0.05, 0) is 45.2 Å². The van der Waals surface area contributed by atoms with E-state index >= 15 is 0 Å². The highest BCUT2D eigenvalue weighted by molar-refractivity contribution is 6.02. The van der Waals surface area contributed by atoms with Crippen molar-refractivity contribution < 1.29 is 14.0 Å². The fraction of sp³-hybridized carbons (Fsp3) is 0.409. The molecule has 2 amide bonds. The van der Waals surface area contributed by atoms with Gasteiger partial charge in [0.25, 0.3) is 5.91 Å². The molecule has 2 aromatic heterocycles. The van der Waals surface area contributed by atoms with Gasteiger partial charge in [0.2, 0.25) is 5.91 Å². The summed E-state index contributed by atoms with van der Waals surface area (Å²) in [7, 11) is 0. The van der Waals surface area contributed by atoms with Crippen LogP contribution in [-0.2, 0) is 17.9 Å². The molecule has 4 rings (SSSR count). The summed E-state index contributed by atoms with van der Waals surface area (Å²) < 4.78 is 16.3. The number of fused-ring (bicyclic) bond motifs is 1. The van der Waals surface area contributed by atoms with Gasteiger partial charge in [-0.25, -0.2) is 19.2 Å². The van der Waals surface area contributed by atoms with Crippen LogP contribution in [0.25, 0.3) is 22.6 Å². The van der Waals surface area contributed by atoms with Crippen LogP contribution in [0.1, 0.15) is 43.6 Å². The van der Waals surface area contributed by atoms with Gasteiger partial charge in [0, 0.05) is 24.7 Å². The molecule has 1 fully saturated rings. The van der Waals surface area contributed by atoms with Crippen LogP contribution in [0, 0.1) is 5.82 Å². The second-order valence-corrected chi connectivity index (χ2v) is 7.99. The first-order chi connectivity index (χ1) is 15.3. The quantitative estimate of drug-likeness (QED) is 0.651. The molecule has 3 heterocycles. The summed E-state index contributed by atoms with van der Waals surface area (Å²) in [6.45, 7) is 4.39. The van der Waals surface area contributed by atoms with E-state index in [0.717, 1.165) is 19.3 Å². The van der Waals surface area contributed by atoms with Crippen molar-refractivity contribution in [3.63, 3.8) is 0 Å². The van der Waals surface area contributed by atoms with Crippen LogP contribution in [0.4, 0.5) is 4.39 Å². The smallest absolute Gasteiger partial charge is 0.330 e. The maximum atomic E-state index is 13.7. The van der Waals surface area contributed by atoms with Crippen molar-refractivity contribution >= 4 is 23.0 Å². The summed E-state index contributed by atoms with van der Waals surface area (Å²) in [5, 5.41) is 0. The van der Waals surface area contributed by atoms with Crippen molar-refractivity contribution in [2.45, 2.75) is 52.2 Å². The highest BCUT2D eigenvalue weighted by Gasteiger charge is 2.28. The number of primary amides is 1. The van der Waals surface area contributed by atoms with Gasteiger partial charge < -0.3 is 10.6 Å². The zero-order chi connectivity index (χ0) is 23.0. The van der Waals surface area contributed by atoms with Crippen molar-refractivity contribution in [3.05, 3.63) is 46.3 Å². The van der Waals surface area contributed by atoms with Gasteiger partial charge in [-0.1, -0.05) is 12.1 Å². The Morgan fingerprint density at radius 3 is 2.66 bits per heavy atom.